The van der Waals surface area contributed by atoms with E-state index in [4.69, 9.17) is 4.74 Å². The lowest BCUT2D eigenvalue weighted by Crippen LogP contribution is -2.76. The van der Waals surface area contributed by atoms with Crippen LogP contribution in [0.1, 0.15) is 12.8 Å². The van der Waals surface area contributed by atoms with E-state index in [0.29, 0.717) is 0 Å². The molecule has 1 aliphatic heterocycles. The van der Waals surface area contributed by atoms with Gasteiger partial charge in [-0.3, -0.25) is 0 Å². The highest BCUT2D eigenvalue weighted by atomic mass is 19.4. The Hall–Kier alpha value is -1.43. The van der Waals surface area contributed by atoms with E-state index in [1.54, 1.807) is 0 Å². The zero-order valence-electron chi connectivity index (χ0n) is 12.1. The summed E-state index contributed by atoms with van der Waals surface area (Å²) >= 11 is 0. The Kier molecular flexibility index (Phi) is 3.71. The van der Waals surface area contributed by atoms with E-state index in [1.165, 1.54) is 12.2 Å². The number of halogens is 8. The summed E-state index contributed by atoms with van der Waals surface area (Å²) in [5.74, 6) is -15.3. The van der Waals surface area contributed by atoms with Crippen molar-refractivity contribution in [3.05, 3.63) is 12.2 Å². The average Bonchev–Trinajstić information content (AvgIpc) is 3.03. The van der Waals surface area contributed by atoms with Crippen molar-refractivity contribution in [3.63, 3.8) is 0 Å². The number of carbonyl (C=O) groups is 1. The molecule has 4 nitrogen and oxygen atoms in total. The number of rotatable bonds is 1. The lowest BCUT2D eigenvalue weighted by molar-refractivity contribution is -0.504. The summed E-state index contributed by atoms with van der Waals surface area (Å²) in [6.45, 7) is -1.41. The van der Waals surface area contributed by atoms with Gasteiger partial charge in [-0.05, 0) is 18.8 Å². The summed E-state index contributed by atoms with van der Waals surface area (Å²) < 4.78 is 119. The molecule has 0 aromatic rings. The highest BCUT2D eigenvalue weighted by Gasteiger charge is 2.86. The number of alkyl halides is 8. The molecule has 0 radical (unpaired) electrons. The van der Waals surface area contributed by atoms with Gasteiger partial charge in [0.2, 0.25) is 0 Å². The van der Waals surface area contributed by atoms with Crippen molar-refractivity contribution in [2.24, 2.45) is 11.8 Å². The van der Waals surface area contributed by atoms with Gasteiger partial charge in [-0.1, -0.05) is 12.2 Å². The van der Waals surface area contributed by atoms with Crippen molar-refractivity contribution >= 4 is 5.97 Å². The number of allylic oxidation sites excluding steroid dienone is 1. The first kappa shape index (κ1) is 18.4. The fourth-order valence-corrected chi connectivity index (χ4v) is 3.62. The maximum atomic E-state index is 14.9. The zero-order chi connectivity index (χ0) is 18.9. The summed E-state index contributed by atoms with van der Waals surface area (Å²) in [5, 5.41) is 0. The predicted molar refractivity (Wildman–Crippen MR) is 61.0 cm³/mol. The van der Waals surface area contributed by atoms with Crippen molar-refractivity contribution in [1.82, 2.24) is 0 Å². The number of fused-ring (bicyclic) bond motifs is 3. The number of esters is 1. The van der Waals surface area contributed by atoms with Crippen LogP contribution in [0, 0.1) is 11.8 Å². The second-order valence-electron chi connectivity index (χ2n) is 6.06. The van der Waals surface area contributed by atoms with Gasteiger partial charge < -0.3 is 14.2 Å². The Labute approximate surface area is 134 Å². The molecule has 12 heteroatoms. The van der Waals surface area contributed by atoms with Gasteiger partial charge in [-0.15, -0.1) is 0 Å². The smallest absolute Gasteiger partial charge is 0.411 e. The number of ether oxygens (including phenoxy) is 3. The molecule has 4 atom stereocenters. The first-order valence-electron chi connectivity index (χ1n) is 6.98. The molecule has 2 fully saturated rings. The molecule has 2 aliphatic carbocycles. The SMILES string of the molecule is O=C(OC1(C(F)(F)F)OCOC2(CC3C=CC2C3)C1(F)F)C(F)(F)F. The minimum Gasteiger partial charge on any atom is -0.411 e. The Morgan fingerprint density at radius 3 is 2.16 bits per heavy atom. The van der Waals surface area contributed by atoms with E-state index in [0.717, 1.165) is 0 Å². The summed E-state index contributed by atoms with van der Waals surface area (Å²) in [4.78, 5) is 10.9. The van der Waals surface area contributed by atoms with Crippen LogP contribution in [0.4, 0.5) is 35.1 Å². The minimum absolute atomic E-state index is 0.0523. The fourth-order valence-electron chi connectivity index (χ4n) is 3.62. The average molecular weight is 382 g/mol. The molecule has 0 aromatic carbocycles. The van der Waals surface area contributed by atoms with Gasteiger partial charge in [0.1, 0.15) is 5.60 Å². The van der Waals surface area contributed by atoms with Gasteiger partial charge in [0.25, 0.3) is 0 Å². The molecule has 0 amide bonds. The molecule has 0 aromatic heterocycles. The van der Waals surface area contributed by atoms with Crippen molar-refractivity contribution in [2.45, 2.75) is 42.5 Å². The number of hydrogen-bond acceptors (Lipinski definition) is 4. The molecule has 142 valence electrons. The Bertz CT molecular complexity index is 612. The first-order valence-corrected chi connectivity index (χ1v) is 6.98. The summed E-state index contributed by atoms with van der Waals surface area (Å²) in [5.41, 5.74) is -2.77. The van der Waals surface area contributed by atoms with Crippen LogP contribution in [0.5, 0.6) is 0 Å². The normalized spacial score (nSPS) is 39.8. The van der Waals surface area contributed by atoms with Crippen LogP contribution in [0.25, 0.3) is 0 Å². The Balaban J connectivity index is 2.08. The maximum Gasteiger partial charge on any atom is 0.491 e. The van der Waals surface area contributed by atoms with E-state index in [-0.39, 0.29) is 6.42 Å². The highest BCUT2D eigenvalue weighted by Crippen LogP contribution is 2.63. The molecular formula is C13H10F8O4. The zero-order valence-corrected chi connectivity index (χ0v) is 12.1. The van der Waals surface area contributed by atoms with Crippen LogP contribution in [0.2, 0.25) is 0 Å². The van der Waals surface area contributed by atoms with Crippen LogP contribution in [-0.4, -0.2) is 42.4 Å². The maximum absolute atomic E-state index is 14.9. The van der Waals surface area contributed by atoms with Gasteiger partial charge in [-0.2, -0.15) is 35.1 Å². The monoisotopic (exact) mass is 382 g/mol. The molecule has 1 saturated heterocycles. The van der Waals surface area contributed by atoms with Crippen LogP contribution >= 0.6 is 0 Å². The van der Waals surface area contributed by atoms with E-state index in [1.807, 2.05) is 0 Å². The molecule has 4 unspecified atom stereocenters. The number of hydrogen-bond donors (Lipinski definition) is 0. The van der Waals surface area contributed by atoms with Crippen LogP contribution in [0.15, 0.2) is 12.2 Å². The Morgan fingerprint density at radius 2 is 1.72 bits per heavy atom. The third kappa shape index (κ3) is 2.29. The molecule has 3 aliphatic rings. The van der Waals surface area contributed by atoms with Crippen molar-refractivity contribution in [3.8, 4) is 0 Å². The highest BCUT2D eigenvalue weighted by molar-refractivity contribution is 5.76. The second kappa shape index (κ2) is 5.06. The lowest BCUT2D eigenvalue weighted by atomic mass is 9.77. The molecule has 3 rings (SSSR count). The first-order chi connectivity index (χ1) is 11.3. The molecular weight excluding hydrogens is 372 g/mol. The van der Waals surface area contributed by atoms with E-state index in [2.05, 4.69) is 9.47 Å². The molecule has 1 heterocycles. The fraction of sp³-hybridized carbons (Fsp3) is 0.769. The van der Waals surface area contributed by atoms with Gasteiger partial charge in [0.05, 0.1) is 0 Å². The lowest BCUT2D eigenvalue weighted by Gasteiger charge is -2.52. The van der Waals surface area contributed by atoms with Crippen LogP contribution < -0.4 is 0 Å². The third-order valence-corrected chi connectivity index (χ3v) is 4.70. The van der Waals surface area contributed by atoms with Crippen molar-refractivity contribution in [2.75, 3.05) is 6.79 Å². The predicted octanol–water partition coefficient (Wildman–Crippen LogP) is 3.32. The molecule has 1 saturated carbocycles. The van der Waals surface area contributed by atoms with E-state index < -0.39 is 60.7 Å². The second-order valence-corrected chi connectivity index (χ2v) is 6.06. The molecule has 1 spiro atoms. The van der Waals surface area contributed by atoms with E-state index in [9.17, 15) is 39.9 Å². The van der Waals surface area contributed by atoms with Crippen molar-refractivity contribution in [1.29, 1.82) is 0 Å². The summed E-state index contributed by atoms with van der Waals surface area (Å²) in [7, 11) is 0. The summed E-state index contributed by atoms with van der Waals surface area (Å²) in [6, 6.07) is 0. The van der Waals surface area contributed by atoms with E-state index >= 15 is 0 Å². The quantitative estimate of drug-likeness (QED) is 0.397. The standard InChI is InChI=1S/C13H10F8O4/c14-10(15,16)8(22)25-12(13(19,20)21)11(17,18)9(23-5-24-12)4-6-1-2-7(9)3-6/h1-2,6-7H,3-5H2. The third-order valence-electron chi connectivity index (χ3n) is 4.70. The molecule has 2 bridgehead atoms. The number of carbonyl (C=O) groups excluding carboxylic acids is 1. The minimum atomic E-state index is -6.14. The van der Waals surface area contributed by atoms with Gasteiger partial charge in [0, 0.05) is 5.92 Å². The Morgan fingerprint density at radius 1 is 1.08 bits per heavy atom. The summed E-state index contributed by atoms with van der Waals surface area (Å²) in [6.07, 6.45) is -9.83. The van der Waals surface area contributed by atoms with Gasteiger partial charge >= 0.3 is 30.0 Å². The largest absolute Gasteiger partial charge is 0.491 e. The van der Waals surface area contributed by atoms with Gasteiger partial charge in [-0.25, -0.2) is 4.79 Å². The topological polar surface area (TPSA) is 44.8 Å². The molecule has 25 heavy (non-hydrogen) atoms. The van der Waals surface area contributed by atoms with Crippen molar-refractivity contribution < 1.29 is 54.1 Å². The molecule has 0 N–H and O–H groups in total. The van der Waals surface area contributed by atoms with Crippen LogP contribution in [-0.2, 0) is 19.0 Å². The van der Waals surface area contributed by atoms with Gasteiger partial charge in [0.15, 0.2) is 6.79 Å². The van der Waals surface area contributed by atoms with Crippen LogP contribution in [0.3, 0.4) is 0 Å².